The smallest absolute Gasteiger partial charge is 0.132 e. The predicted molar refractivity (Wildman–Crippen MR) is 108 cm³/mol. The van der Waals surface area contributed by atoms with Crippen LogP contribution in [0.4, 0.5) is 5.69 Å². The summed E-state index contributed by atoms with van der Waals surface area (Å²) in [6.07, 6.45) is 2.87. The summed E-state index contributed by atoms with van der Waals surface area (Å²) in [5.74, 6) is 0. The van der Waals surface area contributed by atoms with Gasteiger partial charge in [-0.05, 0) is 46.5 Å². The lowest BCUT2D eigenvalue weighted by Gasteiger charge is -2.34. The van der Waals surface area contributed by atoms with Crippen LogP contribution in [0.1, 0.15) is 30.5 Å². The van der Waals surface area contributed by atoms with Crippen molar-refractivity contribution in [2.24, 2.45) is 0 Å². The molecule has 1 N–H and O–H groups in total. The minimum Gasteiger partial charge on any atom is -0.381 e. The van der Waals surface area contributed by atoms with Gasteiger partial charge in [-0.1, -0.05) is 30.3 Å². The zero-order valence-corrected chi connectivity index (χ0v) is 16.9. The maximum Gasteiger partial charge on any atom is 0.132 e. The lowest BCUT2D eigenvalue weighted by Crippen LogP contribution is -2.37. The Morgan fingerprint density at radius 2 is 2.00 bits per heavy atom. The molecule has 144 valence electrons. The summed E-state index contributed by atoms with van der Waals surface area (Å²) >= 11 is 3.50. The molecule has 2 saturated heterocycles. The molecule has 1 aromatic carbocycles. The average Bonchev–Trinajstić information content (AvgIpc) is 3.15. The van der Waals surface area contributed by atoms with Crippen molar-refractivity contribution in [3.05, 3.63) is 58.3 Å². The second kappa shape index (κ2) is 8.27. The molecule has 5 nitrogen and oxygen atoms in total. The first-order chi connectivity index (χ1) is 13.1. The molecule has 1 aromatic heterocycles. The topological polar surface area (TPSA) is 54.8 Å². The molecule has 1 atom stereocenters. The maximum absolute atomic E-state index is 10.8. The van der Waals surface area contributed by atoms with Gasteiger partial charge >= 0.3 is 0 Å². The van der Waals surface area contributed by atoms with Crippen LogP contribution in [0.15, 0.2) is 47.1 Å². The van der Waals surface area contributed by atoms with Crippen LogP contribution < -0.4 is 4.90 Å². The van der Waals surface area contributed by atoms with E-state index in [1.807, 2.05) is 30.3 Å². The molecule has 0 bridgehead atoms. The number of nitrogens with zero attached hydrogens (tertiary/aromatic N) is 2. The van der Waals surface area contributed by atoms with E-state index in [0.29, 0.717) is 38.0 Å². The summed E-state index contributed by atoms with van der Waals surface area (Å²) in [7, 11) is 0. The van der Waals surface area contributed by atoms with Gasteiger partial charge in [0.05, 0.1) is 25.0 Å². The van der Waals surface area contributed by atoms with E-state index in [1.54, 1.807) is 0 Å². The number of anilines is 1. The van der Waals surface area contributed by atoms with Crippen molar-refractivity contribution in [3.8, 4) is 0 Å². The second-order valence-electron chi connectivity index (χ2n) is 7.35. The Kier molecular flexibility index (Phi) is 5.78. The predicted octanol–water partition coefficient (Wildman–Crippen LogP) is 3.64. The molecular formula is C21H25BrN2O3. The van der Waals surface area contributed by atoms with Gasteiger partial charge in [0, 0.05) is 31.8 Å². The minimum atomic E-state index is -0.977. The summed E-state index contributed by atoms with van der Waals surface area (Å²) in [6, 6.07) is 14.3. The summed E-state index contributed by atoms with van der Waals surface area (Å²) < 4.78 is 12.2. The number of piperidine rings is 1. The number of hydrogen-bond donors (Lipinski definition) is 1. The number of aliphatic hydroxyl groups is 1. The van der Waals surface area contributed by atoms with Crippen molar-refractivity contribution < 1.29 is 14.6 Å². The van der Waals surface area contributed by atoms with E-state index < -0.39 is 5.60 Å². The highest BCUT2D eigenvalue weighted by Crippen LogP contribution is 2.33. The van der Waals surface area contributed by atoms with Gasteiger partial charge in [-0.3, -0.25) is 0 Å². The highest BCUT2D eigenvalue weighted by molar-refractivity contribution is 9.10. The third-order valence-electron chi connectivity index (χ3n) is 5.39. The standard InChI is InChI=1S/C21H25BrN2O3/c22-20-13-17(12-19(23-20)21(25)8-11-26-15-21)24-9-6-18(7-10-24)27-14-16-4-2-1-3-5-16/h1-5,12-13,18,25H,6-11,14-15H2. The lowest BCUT2D eigenvalue weighted by atomic mass is 9.97. The first-order valence-electron chi connectivity index (χ1n) is 9.51. The lowest BCUT2D eigenvalue weighted by molar-refractivity contribution is 0.0191. The summed E-state index contributed by atoms with van der Waals surface area (Å²) in [5, 5.41) is 10.8. The highest BCUT2D eigenvalue weighted by atomic mass is 79.9. The molecule has 3 heterocycles. The van der Waals surface area contributed by atoms with Crippen LogP contribution in [0.2, 0.25) is 0 Å². The van der Waals surface area contributed by atoms with E-state index in [2.05, 4.69) is 37.9 Å². The normalized spacial score (nSPS) is 23.7. The third-order valence-corrected chi connectivity index (χ3v) is 5.80. The molecule has 0 saturated carbocycles. The van der Waals surface area contributed by atoms with Gasteiger partial charge in [0.1, 0.15) is 10.2 Å². The van der Waals surface area contributed by atoms with Crippen molar-refractivity contribution in [2.45, 2.75) is 37.6 Å². The number of hydrogen-bond acceptors (Lipinski definition) is 5. The Hall–Kier alpha value is -1.47. The van der Waals surface area contributed by atoms with E-state index in [9.17, 15) is 5.11 Å². The maximum atomic E-state index is 10.8. The Bertz CT molecular complexity index is 757. The fraction of sp³-hybridized carbons (Fsp3) is 0.476. The molecule has 2 fully saturated rings. The third kappa shape index (κ3) is 4.51. The number of pyridine rings is 1. The molecule has 0 radical (unpaired) electrons. The van der Waals surface area contributed by atoms with Crippen LogP contribution in [-0.4, -0.2) is 42.5 Å². The Morgan fingerprint density at radius 3 is 2.70 bits per heavy atom. The zero-order valence-electron chi connectivity index (χ0n) is 15.3. The molecule has 27 heavy (non-hydrogen) atoms. The van der Waals surface area contributed by atoms with Crippen LogP contribution >= 0.6 is 15.9 Å². The van der Waals surface area contributed by atoms with Gasteiger partial charge in [-0.2, -0.15) is 0 Å². The molecule has 2 aliphatic rings. The Labute approximate surface area is 168 Å². The largest absolute Gasteiger partial charge is 0.381 e. The second-order valence-corrected chi connectivity index (χ2v) is 8.16. The van der Waals surface area contributed by atoms with E-state index >= 15 is 0 Å². The first kappa shape index (κ1) is 18.9. The van der Waals surface area contributed by atoms with Gasteiger partial charge in [0.2, 0.25) is 0 Å². The highest BCUT2D eigenvalue weighted by Gasteiger charge is 2.36. The van der Waals surface area contributed by atoms with Crippen molar-refractivity contribution in [1.82, 2.24) is 4.98 Å². The minimum absolute atomic E-state index is 0.290. The van der Waals surface area contributed by atoms with Crippen LogP contribution in [0.5, 0.6) is 0 Å². The van der Waals surface area contributed by atoms with Crippen molar-refractivity contribution in [3.63, 3.8) is 0 Å². The Morgan fingerprint density at radius 1 is 1.22 bits per heavy atom. The fourth-order valence-corrected chi connectivity index (χ4v) is 4.16. The molecule has 0 amide bonds. The van der Waals surface area contributed by atoms with Crippen LogP contribution in [0.3, 0.4) is 0 Å². The molecule has 4 rings (SSSR count). The molecule has 6 heteroatoms. The Balaban J connectivity index is 1.37. The van der Waals surface area contributed by atoms with E-state index in [4.69, 9.17) is 9.47 Å². The monoisotopic (exact) mass is 432 g/mol. The van der Waals surface area contributed by atoms with Crippen LogP contribution in [-0.2, 0) is 21.7 Å². The van der Waals surface area contributed by atoms with Crippen LogP contribution in [0, 0.1) is 0 Å². The van der Waals surface area contributed by atoms with Crippen molar-refractivity contribution in [2.75, 3.05) is 31.2 Å². The SMILES string of the molecule is OC1(c2cc(N3CCC(OCc4ccccc4)CC3)cc(Br)n2)CCOC1. The van der Waals surface area contributed by atoms with Gasteiger partial charge < -0.3 is 19.5 Å². The van der Waals surface area contributed by atoms with Gasteiger partial charge in [-0.15, -0.1) is 0 Å². The number of rotatable bonds is 5. The zero-order chi connectivity index (χ0) is 18.7. The quantitative estimate of drug-likeness (QED) is 0.730. The number of benzene rings is 1. The van der Waals surface area contributed by atoms with Crippen LogP contribution in [0.25, 0.3) is 0 Å². The molecular weight excluding hydrogens is 408 g/mol. The van der Waals surface area contributed by atoms with Gasteiger partial charge in [-0.25, -0.2) is 4.98 Å². The number of aromatic nitrogens is 1. The molecule has 0 aliphatic carbocycles. The first-order valence-corrected chi connectivity index (χ1v) is 10.3. The van der Waals surface area contributed by atoms with Gasteiger partial charge in [0.15, 0.2) is 0 Å². The van der Waals surface area contributed by atoms with Gasteiger partial charge in [0.25, 0.3) is 0 Å². The molecule has 1 unspecified atom stereocenters. The molecule has 2 aliphatic heterocycles. The fourth-order valence-electron chi connectivity index (χ4n) is 3.73. The number of halogens is 1. The summed E-state index contributed by atoms with van der Waals surface area (Å²) in [6.45, 7) is 3.42. The van der Waals surface area contributed by atoms with Crippen molar-refractivity contribution >= 4 is 21.6 Å². The van der Waals surface area contributed by atoms with E-state index in [1.165, 1.54) is 5.56 Å². The van der Waals surface area contributed by atoms with Crippen molar-refractivity contribution in [1.29, 1.82) is 0 Å². The average molecular weight is 433 g/mol. The number of ether oxygens (including phenoxy) is 2. The van der Waals surface area contributed by atoms with E-state index in [-0.39, 0.29) is 0 Å². The summed E-state index contributed by atoms with van der Waals surface area (Å²) in [5.41, 5.74) is 2.02. The molecule has 2 aromatic rings. The molecule has 0 spiro atoms. The summed E-state index contributed by atoms with van der Waals surface area (Å²) in [4.78, 5) is 6.84. The van der Waals surface area contributed by atoms with E-state index in [0.717, 1.165) is 36.2 Å².